The van der Waals surface area contributed by atoms with E-state index in [2.05, 4.69) is 10.5 Å². The molecule has 0 spiro atoms. The summed E-state index contributed by atoms with van der Waals surface area (Å²) >= 11 is 5.90. The van der Waals surface area contributed by atoms with Gasteiger partial charge in [-0.25, -0.2) is 5.43 Å². The zero-order valence-electron chi connectivity index (χ0n) is 13.3. The number of carbonyl (C=O) groups is 1. The van der Waals surface area contributed by atoms with E-state index in [-0.39, 0.29) is 16.5 Å². The first kappa shape index (κ1) is 16.9. The summed E-state index contributed by atoms with van der Waals surface area (Å²) in [4.78, 5) is 12.2. The highest BCUT2D eigenvalue weighted by Crippen LogP contribution is 2.34. The molecule has 0 radical (unpaired) electrons. The van der Waals surface area contributed by atoms with Crippen molar-refractivity contribution in [2.45, 2.75) is 0 Å². The second-order valence-electron chi connectivity index (χ2n) is 5.11. The second-order valence-corrected chi connectivity index (χ2v) is 5.52. The Labute approximate surface area is 148 Å². The van der Waals surface area contributed by atoms with Gasteiger partial charge in [0.1, 0.15) is 13.2 Å². The summed E-state index contributed by atoms with van der Waals surface area (Å²) in [6.45, 7) is 0.932. The molecule has 25 heavy (non-hydrogen) atoms. The van der Waals surface area contributed by atoms with Crippen LogP contribution in [-0.2, 0) is 0 Å². The molecule has 1 aliphatic heterocycles. The number of fused-ring (bicyclic) bond motifs is 1. The van der Waals surface area contributed by atoms with Crippen molar-refractivity contribution in [3.8, 4) is 23.0 Å². The van der Waals surface area contributed by atoms with Crippen LogP contribution in [0.5, 0.6) is 23.0 Å². The monoisotopic (exact) mass is 362 g/mol. The lowest BCUT2D eigenvalue weighted by Crippen LogP contribution is -2.19. The number of nitrogens with zero attached hydrogens (tertiary/aromatic N) is 1. The Bertz CT molecular complexity index is 838. The Hall–Kier alpha value is -2.93. The number of carbonyl (C=O) groups excluding carboxylic acids is 1. The lowest BCUT2D eigenvalue weighted by atomic mass is 10.2. The molecular weight excluding hydrogens is 348 g/mol. The molecule has 1 aliphatic rings. The largest absolute Gasteiger partial charge is 0.503 e. The number of hydrogen-bond donors (Lipinski definition) is 2. The molecule has 0 atom stereocenters. The lowest BCUT2D eigenvalue weighted by Gasteiger charge is -2.18. The van der Waals surface area contributed by atoms with E-state index >= 15 is 0 Å². The third-order valence-electron chi connectivity index (χ3n) is 3.45. The third-order valence-corrected chi connectivity index (χ3v) is 3.74. The highest BCUT2D eigenvalue weighted by atomic mass is 35.5. The summed E-state index contributed by atoms with van der Waals surface area (Å²) < 4.78 is 15.9. The first-order chi connectivity index (χ1) is 12.1. The van der Waals surface area contributed by atoms with Crippen molar-refractivity contribution < 1.29 is 24.1 Å². The minimum absolute atomic E-state index is 0.124. The van der Waals surface area contributed by atoms with Crippen molar-refractivity contribution in [1.29, 1.82) is 0 Å². The van der Waals surface area contributed by atoms with Gasteiger partial charge in [0.05, 0.1) is 18.3 Å². The quantitative estimate of drug-likeness (QED) is 0.644. The molecule has 0 bridgehead atoms. The summed E-state index contributed by atoms with van der Waals surface area (Å²) in [6, 6.07) is 7.94. The van der Waals surface area contributed by atoms with Gasteiger partial charge in [-0.2, -0.15) is 5.10 Å². The number of benzene rings is 2. The predicted molar refractivity (Wildman–Crippen MR) is 92.2 cm³/mol. The van der Waals surface area contributed by atoms with E-state index in [4.69, 9.17) is 25.8 Å². The topological polar surface area (TPSA) is 89.4 Å². The van der Waals surface area contributed by atoms with Crippen molar-refractivity contribution in [2.24, 2.45) is 5.10 Å². The van der Waals surface area contributed by atoms with Crippen LogP contribution in [0.1, 0.15) is 15.9 Å². The number of halogens is 1. The van der Waals surface area contributed by atoms with Gasteiger partial charge in [-0.15, -0.1) is 0 Å². The van der Waals surface area contributed by atoms with Crippen LogP contribution in [0.15, 0.2) is 35.4 Å². The molecule has 3 rings (SSSR count). The van der Waals surface area contributed by atoms with Gasteiger partial charge in [0.15, 0.2) is 23.0 Å². The van der Waals surface area contributed by atoms with Gasteiger partial charge in [0, 0.05) is 5.56 Å². The molecule has 0 saturated carbocycles. The standard InChI is InChI=1S/C17H15ClN2O5/c1-23-15-7-10(6-12(18)16(15)21)9-19-20-17(22)11-2-3-13-14(8-11)25-5-4-24-13/h2-3,6-9,21H,4-5H2,1H3,(H,20,22)/b19-9+. The van der Waals surface area contributed by atoms with Gasteiger partial charge in [0.25, 0.3) is 5.91 Å². The summed E-state index contributed by atoms with van der Waals surface area (Å²) in [5.74, 6) is 0.800. The molecule has 1 amide bonds. The average Bonchev–Trinajstić information content (AvgIpc) is 2.63. The number of ether oxygens (including phenoxy) is 3. The first-order valence-electron chi connectivity index (χ1n) is 7.38. The van der Waals surface area contributed by atoms with Crippen LogP contribution in [0.3, 0.4) is 0 Å². The summed E-state index contributed by atoms with van der Waals surface area (Å²) in [6.07, 6.45) is 1.39. The van der Waals surface area contributed by atoms with Crippen LogP contribution in [0, 0.1) is 0 Å². The van der Waals surface area contributed by atoms with Gasteiger partial charge in [-0.3, -0.25) is 4.79 Å². The normalized spacial score (nSPS) is 12.9. The number of amides is 1. The van der Waals surface area contributed by atoms with Crippen molar-refractivity contribution in [3.05, 3.63) is 46.5 Å². The molecule has 0 aromatic heterocycles. The molecular formula is C17H15ClN2O5. The fourth-order valence-electron chi connectivity index (χ4n) is 2.24. The van der Waals surface area contributed by atoms with E-state index in [1.54, 1.807) is 24.3 Å². The zero-order valence-corrected chi connectivity index (χ0v) is 14.0. The first-order valence-corrected chi connectivity index (χ1v) is 7.76. The molecule has 0 unspecified atom stereocenters. The second kappa shape index (κ2) is 7.31. The van der Waals surface area contributed by atoms with Gasteiger partial charge in [-0.05, 0) is 35.9 Å². The van der Waals surface area contributed by atoms with Crippen molar-refractivity contribution in [3.63, 3.8) is 0 Å². The minimum Gasteiger partial charge on any atom is -0.503 e. The van der Waals surface area contributed by atoms with Crippen LogP contribution in [-0.4, -0.2) is 37.6 Å². The van der Waals surface area contributed by atoms with Gasteiger partial charge < -0.3 is 19.3 Å². The Morgan fingerprint density at radius 3 is 2.80 bits per heavy atom. The van der Waals surface area contributed by atoms with E-state index in [0.29, 0.717) is 35.8 Å². The zero-order chi connectivity index (χ0) is 17.8. The Morgan fingerprint density at radius 2 is 2.04 bits per heavy atom. The third kappa shape index (κ3) is 3.77. The van der Waals surface area contributed by atoms with Crippen LogP contribution < -0.4 is 19.6 Å². The van der Waals surface area contributed by atoms with E-state index in [9.17, 15) is 9.90 Å². The smallest absolute Gasteiger partial charge is 0.271 e. The number of methoxy groups -OCH3 is 1. The fraction of sp³-hybridized carbons (Fsp3) is 0.176. The molecule has 2 aromatic rings. The van der Waals surface area contributed by atoms with E-state index in [1.807, 2.05) is 0 Å². The molecule has 2 N–H and O–H groups in total. The van der Waals surface area contributed by atoms with Crippen LogP contribution >= 0.6 is 11.6 Å². The predicted octanol–water partition coefficient (Wildman–Crippen LogP) is 2.59. The van der Waals surface area contributed by atoms with Crippen molar-refractivity contribution >= 4 is 23.7 Å². The Morgan fingerprint density at radius 1 is 1.28 bits per heavy atom. The molecule has 7 nitrogen and oxygen atoms in total. The Balaban J connectivity index is 1.70. The number of phenols is 1. The average molecular weight is 363 g/mol. The van der Waals surface area contributed by atoms with Crippen LogP contribution in [0.4, 0.5) is 0 Å². The number of nitrogens with one attached hydrogen (secondary N) is 1. The molecule has 8 heteroatoms. The van der Waals surface area contributed by atoms with Crippen LogP contribution in [0.2, 0.25) is 5.02 Å². The van der Waals surface area contributed by atoms with Crippen LogP contribution in [0.25, 0.3) is 0 Å². The maximum Gasteiger partial charge on any atom is 0.271 e. The number of hydrazone groups is 1. The molecule has 1 heterocycles. The van der Waals surface area contributed by atoms with Crippen molar-refractivity contribution in [1.82, 2.24) is 5.43 Å². The maximum atomic E-state index is 12.2. The highest BCUT2D eigenvalue weighted by Gasteiger charge is 2.14. The lowest BCUT2D eigenvalue weighted by molar-refractivity contribution is 0.0954. The molecule has 0 fully saturated rings. The SMILES string of the molecule is COc1cc(/C=N/NC(=O)c2ccc3c(c2)OCCO3)cc(Cl)c1O. The van der Waals surface area contributed by atoms with Gasteiger partial charge in [0.2, 0.25) is 0 Å². The molecule has 2 aromatic carbocycles. The number of hydrogen-bond acceptors (Lipinski definition) is 6. The maximum absolute atomic E-state index is 12.2. The number of aromatic hydroxyl groups is 1. The van der Waals surface area contributed by atoms with E-state index in [0.717, 1.165) is 0 Å². The Kier molecular flexibility index (Phi) is 4.95. The summed E-state index contributed by atoms with van der Waals surface area (Å²) in [7, 11) is 1.41. The summed E-state index contributed by atoms with van der Waals surface area (Å²) in [5.41, 5.74) is 3.36. The highest BCUT2D eigenvalue weighted by molar-refractivity contribution is 6.32. The molecule has 130 valence electrons. The number of phenolic OH excluding ortho intramolecular Hbond substituents is 1. The van der Waals surface area contributed by atoms with Crippen molar-refractivity contribution in [2.75, 3.05) is 20.3 Å². The minimum atomic E-state index is -0.398. The van der Waals surface area contributed by atoms with Gasteiger partial charge in [-0.1, -0.05) is 11.6 Å². The fourth-order valence-corrected chi connectivity index (χ4v) is 2.46. The summed E-state index contributed by atoms with van der Waals surface area (Å²) in [5, 5.41) is 13.7. The molecule has 0 saturated heterocycles. The number of rotatable bonds is 4. The van der Waals surface area contributed by atoms with E-state index in [1.165, 1.54) is 19.4 Å². The van der Waals surface area contributed by atoms with E-state index < -0.39 is 5.91 Å². The molecule has 0 aliphatic carbocycles. The van der Waals surface area contributed by atoms with Gasteiger partial charge >= 0.3 is 0 Å².